The Morgan fingerprint density at radius 1 is 1.05 bits per heavy atom. The van der Waals surface area contributed by atoms with E-state index in [2.05, 4.69) is 27.8 Å². The third kappa shape index (κ3) is 2.91. The van der Waals surface area contributed by atoms with Crippen LogP contribution in [0.3, 0.4) is 0 Å². The minimum Gasteiger partial charge on any atom is -0.245 e. The molecule has 0 aliphatic rings. The number of pyridine rings is 1. The molecule has 3 heteroatoms. The van der Waals surface area contributed by atoms with Crippen molar-refractivity contribution in [1.82, 2.24) is 4.98 Å². The fourth-order valence-corrected chi connectivity index (χ4v) is 2.92. The highest BCUT2D eigenvalue weighted by Crippen LogP contribution is 2.30. The van der Waals surface area contributed by atoms with Gasteiger partial charge < -0.3 is 0 Å². The zero-order valence-electron chi connectivity index (χ0n) is 12.4. The maximum atomic E-state index is 15.0. The molecule has 0 aliphatic carbocycles. The maximum absolute atomic E-state index is 15.0. The first kappa shape index (κ1) is 15.2. The molecule has 1 heterocycles. The Labute approximate surface area is 138 Å². The van der Waals surface area contributed by atoms with E-state index in [4.69, 9.17) is 0 Å². The van der Waals surface area contributed by atoms with Crippen molar-refractivity contribution in [3.8, 4) is 11.3 Å². The average molecular weight is 358 g/mol. The zero-order chi connectivity index (χ0) is 15.5. The maximum Gasteiger partial charge on any atom is 0.153 e. The normalized spacial score (nSPS) is 11.0. The number of rotatable bonds is 4. The largest absolute Gasteiger partial charge is 0.245 e. The SMILES string of the molecule is CCCCc1c(F)c(-c2ccc(Br)cc2)nc2ccccc12. The third-order valence-electron chi connectivity index (χ3n) is 3.83. The van der Waals surface area contributed by atoms with E-state index in [9.17, 15) is 0 Å². The predicted molar refractivity (Wildman–Crippen MR) is 93.4 cm³/mol. The summed E-state index contributed by atoms with van der Waals surface area (Å²) in [6.45, 7) is 2.12. The van der Waals surface area contributed by atoms with Crippen LogP contribution >= 0.6 is 15.9 Å². The molecule has 1 nitrogen and oxygen atoms in total. The van der Waals surface area contributed by atoms with Gasteiger partial charge in [-0.25, -0.2) is 9.37 Å². The van der Waals surface area contributed by atoms with E-state index < -0.39 is 0 Å². The summed E-state index contributed by atoms with van der Waals surface area (Å²) in [6, 6.07) is 15.4. The standard InChI is InChI=1S/C19H17BrFN/c1-2-3-6-16-15-7-4-5-8-17(15)22-19(18(16)21)13-9-11-14(20)12-10-13/h4-5,7-12H,2-3,6H2,1H3. The molecule has 0 fully saturated rings. The molecule has 0 spiro atoms. The summed E-state index contributed by atoms with van der Waals surface area (Å²) >= 11 is 3.41. The van der Waals surface area contributed by atoms with Crippen molar-refractivity contribution in [3.05, 3.63) is 64.4 Å². The molecule has 2 aromatic carbocycles. The van der Waals surface area contributed by atoms with E-state index in [0.717, 1.165) is 45.8 Å². The van der Waals surface area contributed by atoms with Crippen molar-refractivity contribution in [2.45, 2.75) is 26.2 Å². The Hall–Kier alpha value is -1.74. The number of hydrogen-bond donors (Lipinski definition) is 0. The Morgan fingerprint density at radius 3 is 2.50 bits per heavy atom. The fraction of sp³-hybridized carbons (Fsp3) is 0.211. The van der Waals surface area contributed by atoms with Crippen LogP contribution in [0.1, 0.15) is 25.3 Å². The predicted octanol–water partition coefficient (Wildman–Crippen LogP) is 6.15. The van der Waals surface area contributed by atoms with Crippen LogP contribution in [0.2, 0.25) is 0 Å². The number of para-hydroxylation sites is 1. The molecule has 3 rings (SSSR count). The van der Waals surface area contributed by atoms with Crippen LogP contribution in [0.4, 0.5) is 4.39 Å². The number of unbranched alkanes of at least 4 members (excludes halogenated alkanes) is 1. The van der Waals surface area contributed by atoms with E-state index in [0.29, 0.717) is 5.69 Å². The minimum atomic E-state index is -0.186. The van der Waals surface area contributed by atoms with Gasteiger partial charge in [-0.05, 0) is 36.6 Å². The topological polar surface area (TPSA) is 12.9 Å². The summed E-state index contributed by atoms with van der Waals surface area (Å²) in [6.07, 6.45) is 2.77. The van der Waals surface area contributed by atoms with E-state index in [1.54, 1.807) is 0 Å². The Morgan fingerprint density at radius 2 is 1.77 bits per heavy atom. The van der Waals surface area contributed by atoms with Crippen LogP contribution in [0.25, 0.3) is 22.2 Å². The van der Waals surface area contributed by atoms with Gasteiger partial charge >= 0.3 is 0 Å². The quantitative estimate of drug-likeness (QED) is 0.545. The Kier molecular flexibility index (Phi) is 4.53. The molecule has 0 saturated heterocycles. The van der Waals surface area contributed by atoms with Gasteiger partial charge in [-0.2, -0.15) is 0 Å². The first-order valence-electron chi connectivity index (χ1n) is 7.53. The van der Waals surface area contributed by atoms with Gasteiger partial charge in [0.2, 0.25) is 0 Å². The third-order valence-corrected chi connectivity index (χ3v) is 4.36. The van der Waals surface area contributed by atoms with Crippen molar-refractivity contribution in [3.63, 3.8) is 0 Å². The molecule has 0 bridgehead atoms. The minimum absolute atomic E-state index is 0.186. The van der Waals surface area contributed by atoms with Crippen LogP contribution in [0, 0.1) is 5.82 Å². The molecular formula is C19H17BrFN. The van der Waals surface area contributed by atoms with E-state index in [-0.39, 0.29) is 5.82 Å². The van der Waals surface area contributed by atoms with Crippen molar-refractivity contribution in [2.75, 3.05) is 0 Å². The second-order valence-corrected chi connectivity index (χ2v) is 6.30. The van der Waals surface area contributed by atoms with Gasteiger partial charge in [-0.1, -0.05) is 59.6 Å². The fourth-order valence-electron chi connectivity index (χ4n) is 2.65. The lowest BCUT2D eigenvalue weighted by Crippen LogP contribution is -1.99. The molecule has 1 aromatic heterocycles. The van der Waals surface area contributed by atoms with Gasteiger partial charge in [0.15, 0.2) is 5.82 Å². The summed E-state index contributed by atoms with van der Waals surface area (Å²) in [5.74, 6) is -0.186. The van der Waals surface area contributed by atoms with Crippen LogP contribution < -0.4 is 0 Å². The van der Waals surface area contributed by atoms with E-state index >= 15 is 4.39 Å². The molecule has 0 aliphatic heterocycles. The van der Waals surface area contributed by atoms with Gasteiger partial charge in [0.1, 0.15) is 5.69 Å². The second kappa shape index (κ2) is 6.57. The number of aromatic nitrogens is 1. The van der Waals surface area contributed by atoms with Gasteiger partial charge in [0, 0.05) is 15.4 Å². The summed E-state index contributed by atoms with van der Waals surface area (Å²) in [7, 11) is 0. The zero-order valence-corrected chi connectivity index (χ0v) is 14.0. The van der Waals surface area contributed by atoms with Gasteiger partial charge in [-0.15, -0.1) is 0 Å². The van der Waals surface area contributed by atoms with E-state index in [1.807, 2.05) is 48.5 Å². The lowest BCUT2D eigenvalue weighted by molar-refractivity contribution is 0.605. The van der Waals surface area contributed by atoms with Gasteiger partial charge in [0.05, 0.1) is 5.52 Å². The molecule has 112 valence electrons. The smallest absolute Gasteiger partial charge is 0.153 e. The number of nitrogens with zero attached hydrogens (tertiary/aromatic N) is 1. The number of benzene rings is 2. The van der Waals surface area contributed by atoms with Crippen molar-refractivity contribution in [2.24, 2.45) is 0 Å². The lowest BCUT2D eigenvalue weighted by atomic mass is 9.99. The Balaban J connectivity index is 2.22. The summed E-state index contributed by atoms with van der Waals surface area (Å²) in [5.41, 5.74) is 2.89. The van der Waals surface area contributed by atoms with Crippen LogP contribution in [-0.4, -0.2) is 4.98 Å². The van der Waals surface area contributed by atoms with Crippen molar-refractivity contribution >= 4 is 26.8 Å². The van der Waals surface area contributed by atoms with Crippen molar-refractivity contribution in [1.29, 1.82) is 0 Å². The average Bonchev–Trinajstić information content (AvgIpc) is 2.54. The highest BCUT2D eigenvalue weighted by atomic mass is 79.9. The first-order valence-corrected chi connectivity index (χ1v) is 8.33. The molecule has 0 radical (unpaired) electrons. The van der Waals surface area contributed by atoms with E-state index in [1.165, 1.54) is 0 Å². The molecule has 0 amide bonds. The van der Waals surface area contributed by atoms with Crippen LogP contribution in [-0.2, 0) is 6.42 Å². The summed E-state index contributed by atoms with van der Waals surface area (Å²) < 4.78 is 16.0. The monoisotopic (exact) mass is 357 g/mol. The van der Waals surface area contributed by atoms with Gasteiger partial charge in [0.25, 0.3) is 0 Å². The second-order valence-electron chi connectivity index (χ2n) is 5.38. The highest BCUT2D eigenvalue weighted by molar-refractivity contribution is 9.10. The number of aryl methyl sites for hydroxylation is 1. The first-order chi connectivity index (χ1) is 10.7. The molecule has 0 saturated carbocycles. The highest BCUT2D eigenvalue weighted by Gasteiger charge is 2.15. The van der Waals surface area contributed by atoms with Gasteiger partial charge in [-0.3, -0.25) is 0 Å². The van der Waals surface area contributed by atoms with Crippen molar-refractivity contribution < 1.29 is 4.39 Å². The summed E-state index contributed by atoms with van der Waals surface area (Å²) in [5, 5.41) is 0.925. The Bertz CT molecular complexity index is 796. The summed E-state index contributed by atoms with van der Waals surface area (Å²) in [4.78, 5) is 4.55. The molecular weight excluding hydrogens is 341 g/mol. The van der Waals surface area contributed by atoms with Crippen LogP contribution in [0.15, 0.2) is 53.0 Å². The molecule has 0 N–H and O–H groups in total. The molecule has 0 atom stereocenters. The molecule has 3 aromatic rings. The molecule has 0 unspecified atom stereocenters. The number of fused-ring (bicyclic) bond motifs is 1. The lowest BCUT2D eigenvalue weighted by Gasteiger charge is -2.12. The van der Waals surface area contributed by atoms with Crippen LogP contribution in [0.5, 0.6) is 0 Å². The molecule has 22 heavy (non-hydrogen) atoms. The number of halogens is 2. The number of hydrogen-bond acceptors (Lipinski definition) is 1.